The van der Waals surface area contributed by atoms with Gasteiger partial charge in [0.05, 0.1) is 17.0 Å². The van der Waals surface area contributed by atoms with E-state index in [0.29, 0.717) is 5.92 Å². The van der Waals surface area contributed by atoms with Crippen molar-refractivity contribution in [2.24, 2.45) is 5.92 Å². The quantitative estimate of drug-likeness (QED) is 0.651. The highest BCUT2D eigenvalue weighted by molar-refractivity contribution is 7.22. The van der Waals surface area contributed by atoms with Gasteiger partial charge < -0.3 is 10.1 Å². The third-order valence-corrected chi connectivity index (χ3v) is 6.18. The van der Waals surface area contributed by atoms with E-state index in [1.54, 1.807) is 13.0 Å². The molecule has 4 rings (SSSR count). The van der Waals surface area contributed by atoms with Crippen molar-refractivity contribution in [1.29, 1.82) is 0 Å². The standard InChI is InChI=1S/C21H22FN3O2S/c1-2-27-21(26)19-20-16(11-18(28-20)14-6-3-7-15(22)10-14)17(24-25-19)9-13-5-4-8-23-12-13/h3,6-7,10-11,13,23H,2,4-5,8-9,12H2,1H3. The number of hydrogen-bond donors (Lipinski definition) is 1. The van der Waals surface area contributed by atoms with Gasteiger partial charge in [0.15, 0.2) is 5.69 Å². The summed E-state index contributed by atoms with van der Waals surface area (Å²) in [6.07, 6.45) is 3.11. The zero-order valence-electron chi connectivity index (χ0n) is 15.7. The van der Waals surface area contributed by atoms with Crippen LogP contribution in [-0.2, 0) is 11.2 Å². The maximum absolute atomic E-state index is 13.7. The minimum Gasteiger partial charge on any atom is -0.461 e. The zero-order valence-corrected chi connectivity index (χ0v) is 16.5. The maximum atomic E-state index is 13.7. The Bertz CT molecular complexity index is 998. The van der Waals surface area contributed by atoms with E-state index in [9.17, 15) is 9.18 Å². The van der Waals surface area contributed by atoms with Crippen LogP contribution in [-0.4, -0.2) is 35.9 Å². The number of ether oxygens (including phenoxy) is 1. The lowest BCUT2D eigenvalue weighted by atomic mass is 9.93. The molecular formula is C21H22FN3O2S. The first-order valence-corrected chi connectivity index (χ1v) is 10.4. The Hall–Kier alpha value is -2.38. The number of halogens is 1. The molecule has 1 aromatic carbocycles. The molecule has 0 aliphatic carbocycles. The van der Waals surface area contributed by atoms with Crippen LogP contribution in [0.5, 0.6) is 0 Å². The van der Waals surface area contributed by atoms with Crippen molar-refractivity contribution in [3.05, 3.63) is 47.5 Å². The molecule has 2 aromatic heterocycles. The molecule has 1 N–H and O–H groups in total. The SMILES string of the molecule is CCOC(=O)c1nnc(CC2CCCNC2)c2cc(-c3cccc(F)c3)sc12. The molecule has 7 heteroatoms. The van der Waals surface area contributed by atoms with Crippen molar-refractivity contribution in [2.45, 2.75) is 26.2 Å². The minimum atomic E-state index is -0.474. The van der Waals surface area contributed by atoms with Crippen molar-refractivity contribution in [1.82, 2.24) is 15.5 Å². The summed E-state index contributed by atoms with van der Waals surface area (Å²) in [5, 5.41) is 12.9. The van der Waals surface area contributed by atoms with Crippen LogP contribution in [0.2, 0.25) is 0 Å². The number of hydrogen-bond acceptors (Lipinski definition) is 6. The lowest BCUT2D eigenvalue weighted by Crippen LogP contribution is -2.31. The van der Waals surface area contributed by atoms with Gasteiger partial charge in [-0.2, -0.15) is 5.10 Å². The van der Waals surface area contributed by atoms with E-state index in [-0.39, 0.29) is 18.1 Å². The Balaban J connectivity index is 1.79. The van der Waals surface area contributed by atoms with Gasteiger partial charge in [-0.15, -0.1) is 16.4 Å². The number of carbonyl (C=O) groups is 1. The van der Waals surface area contributed by atoms with Crippen LogP contribution in [0.3, 0.4) is 0 Å². The Morgan fingerprint density at radius 2 is 2.25 bits per heavy atom. The normalized spacial score (nSPS) is 17.0. The molecule has 146 valence electrons. The predicted octanol–water partition coefficient (Wildman–Crippen LogP) is 4.22. The molecule has 5 nitrogen and oxygen atoms in total. The molecule has 1 unspecified atom stereocenters. The molecule has 0 radical (unpaired) electrons. The second-order valence-electron chi connectivity index (χ2n) is 7.00. The van der Waals surface area contributed by atoms with E-state index >= 15 is 0 Å². The summed E-state index contributed by atoms with van der Waals surface area (Å²) in [5.41, 5.74) is 1.90. The fourth-order valence-corrected chi connectivity index (χ4v) is 4.78. The second kappa shape index (κ2) is 8.32. The number of esters is 1. The van der Waals surface area contributed by atoms with E-state index in [1.165, 1.54) is 23.5 Å². The number of nitrogens with one attached hydrogen (secondary N) is 1. The summed E-state index contributed by atoms with van der Waals surface area (Å²) in [6, 6.07) is 8.47. The first-order valence-electron chi connectivity index (χ1n) is 9.58. The number of aromatic nitrogens is 2. The Kier molecular flexibility index (Phi) is 5.64. The number of piperidine rings is 1. The van der Waals surface area contributed by atoms with Crippen LogP contribution in [0.4, 0.5) is 4.39 Å². The Morgan fingerprint density at radius 1 is 1.36 bits per heavy atom. The van der Waals surface area contributed by atoms with Gasteiger partial charge in [0.2, 0.25) is 0 Å². The van der Waals surface area contributed by atoms with Gasteiger partial charge in [0.25, 0.3) is 0 Å². The maximum Gasteiger partial charge on any atom is 0.360 e. The van der Waals surface area contributed by atoms with E-state index in [4.69, 9.17) is 4.74 Å². The summed E-state index contributed by atoms with van der Waals surface area (Å²) in [6.45, 7) is 4.06. The highest BCUT2D eigenvalue weighted by Crippen LogP contribution is 2.37. The third kappa shape index (κ3) is 3.91. The molecule has 0 spiro atoms. The molecule has 1 saturated heterocycles. The molecule has 3 heterocycles. The molecular weight excluding hydrogens is 377 g/mol. The van der Waals surface area contributed by atoms with Crippen molar-refractivity contribution in [3.63, 3.8) is 0 Å². The first-order chi connectivity index (χ1) is 13.7. The Morgan fingerprint density at radius 3 is 3.00 bits per heavy atom. The minimum absolute atomic E-state index is 0.232. The van der Waals surface area contributed by atoms with E-state index < -0.39 is 5.97 Å². The zero-order chi connectivity index (χ0) is 19.5. The van der Waals surface area contributed by atoms with Gasteiger partial charge >= 0.3 is 5.97 Å². The topological polar surface area (TPSA) is 64.1 Å². The lowest BCUT2D eigenvalue weighted by molar-refractivity contribution is 0.0521. The summed E-state index contributed by atoms with van der Waals surface area (Å²) in [5.74, 6) is -0.263. The van der Waals surface area contributed by atoms with Crippen molar-refractivity contribution in [3.8, 4) is 10.4 Å². The highest BCUT2D eigenvalue weighted by Gasteiger charge is 2.22. The van der Waals surface area contributed by atoms with Gasteiger partial charge in [-0.25, -0.2) is 9.18 Å². The van der Waals surface area contributed by atoms with Crippen LogP contribution >= 0.6 is 11.3 Å². The molecule has 1 atom stereocenters. The molecule has 1 fully saturated rings. The van der Waals surface area contributed by atoms with Crippen molar-refractivity contribution in [2.75, 3.05) is 19.7 Å². The van der Waals surface area contributed by atoms with Gasteiger partial charge in [-0.3, -0.25) is 0 Å². The van der Waals surface area contributed by atoms with E-state index in [1.807, 2.05) is 12.1 Å². The van der Waals surface area contributed by atoms with Crippen LogP contribution in [0.15, 0.2) is 30.3 Å². The molecule has 28 heavy (non-hydrogen) atoms. The fourth-order valence-electron chi connectivity index (χ4n) is 3.63. The van der Waals surface area contributed by atoms with Gasteiger partial charge in [0, 0.05) is 10.3 Å². The number of fused-ring (bicyclic) bond motifs is 1. The smallest absolute Gasteiger partial charge is 0.360 e. The molecule has 0 amide bonds. The van der Waals surface area contributed by atoms with Gasteiger partial charge in [0.1, 0.15) is 5.82 Å². The summed E-state index contributed by atoms with van der Waals surface area (Å²) < 4.78 is 19.6. The lowest BCUT2D eigenvalue weighted by Gasteiger charge is -2.22. The van der Waals surface area contributed by atoms with E-state index in [0.717, 1.165) is 58.6 Å². The number of thiophene rings is 1. The third-order valence-electron chi connectivity index (χ3n) is 4.99. The molecule has 1 aliphatic rings. The van der Waals surface area contributed by atoms with E-state index in [2.05, 4.69) is 15.5 Å². The molecule has 0 bridgehead atoms. The summed E-state index contributed by atoms with van der Waals surface area (Å²) >= 11 is 1.43. The second-order valence-corrected chi connectivity index (χ2v) is 8.05. The van der Waals surface area contributed by atoms with Crippen LogP contribution in [0.1, 0.15) is 35.9 Å². The summed E-state index contributed by atoms with van der Waals surface area (Å²) in [4.78, 5) is 13.3. The van der Waals surface area contributed by atoms with Gasteiger partial charge in [-0.05, 0) is 69.0 Å². The molecule has 0 saturated carbocycles. The van der Waals surface area contributed by atoms with Crippen molar-refractivity contribution >= 4 is 27.4 Å². The molecule has 3 aromatic rings. The number of nitrogens with zero attached hydrogens (tertiary/aromatic N) is 2. The van der Waals surface area contributed by atoms with Crippen LogP contribution in [0.25, 0.3) is 20.5 Å². The number of benzene rings is 1. The summed E-state index contributed by atoms with van der Waals surface area (Å²) in [7, 11) is 0. The van der Waals surface area contributed by atoms with Crippen molar-refractivity contribution < 1.29 is 13.9 Å². The fraction of sp³-hybridized carbons (Fsp3) is 0.381. The average Bonchev–Trinajstić information content (AvgIpc) is 3.15. The molecule has 1 aliphatic heterocycles. The monoisotopic (exact) mass is 399 g/mol. The predicted molar refractivity (Wildman–Crippen MR) is 108 cm³/mol. The number of rotatable bonds is 5. The van der Waals surface area contributed by atoms with Crippen LogP contribution < -0.4 is 5.32 Å². The highest BCUT2D eigenvalue weighted by atomic mass is 32.1. The number of carbonyl (C=O) groups excluding carboxylic acids is 1. The average molecular weight is 399 g/mol. The Labute approximate surface area is 166 Å². The van der Waals surface area contributed by atoms with Gasteiger partial charge in [-0.1, -0.05) is 12.1 Å². The first kappa shape index (κ1) is 19.0. The van der Waals surface area contributed by atoms with Crippen LogP contribution in [0, 0.1) is 11.7 Å². The largest absolute Gasteiger partial charge is 0.461 e.